The van der Waals surface area contributed by atoms with Crippen molar-refractivity contribution in [1.82, 2.24) is 5.32 Å². The number of anilines is 1. The summed E-state index contributed by atoms with van der Waals surface area (Å²) in [6.07, 6.45) is -0.369. The van der Waals surface area contributed by atoms with E-state index in [2.05, 4.69) is 26.1 Å². The predicted octanol–water partition coefficient (Wildman–Crippen LogP) is 5.39. The first kappa shape index (κ1) is 26.7. The average Bonchev–Trinajstić information content (AvgIpc) is 2.82. The van der Waals surface area contributed by atoms with Crippen LogP contribution in [0.1, 0.15) is 51.3 Å². The number of benzene rings is 3. The molecule has 7 heteroatoms. The summed E-state index contributed by atoms with van der Waals surface area (Å²) in [5.41, 5.74) is 2.74. The van der Waals surface area contributed by atoms with Crippen LogP contribution in [0.3, 0.4) is 0 Å². The van der Waals surface area contributed by atoms with Crippen LogP contribution in [0, 0.1) is 6.92 Å². The van der Waals surface area contributed by atoms with Crippen molar-refractivity contribution >= 4 is 21.6 Å². The largest absolute Gasteiger partial charge is 0.476 e. The van der Waals surface area contributed by atoms with Crippen LogP contribution < -0.4 is 14.4 Å². The molecule has 0 fully saturated rings. The molecule has 1 N–H and O–H groups in total. The maximum Gasteiger partial charge on any atom is 0.264 e. The maximum absolute atomic E-state index is 13.9. The summed E-state index contributed by atoms with van der Waals surface area (Å²) in [6, 6.07) is 22.2. The van der Waals surface area contributed by atoms with Crippen LogP contribution in [0.5, 0.6) is 5.75 Å². The Balaban J connectivity index is 1.68. The van der Waals surface area contributed by atoms with E-state index >= 15 is 0 Å². The molecule has 0 aromatic heterocycles. The molecule has 0 bridgehead atoms. The van der Waals surface area contributed by atoms with Gasteiger partial charge in [-0.25, -0.2) is 8.42 Å². The van der Waals surface area contributed by atoms with Crippen molar-refractivity contribution in [2.45, 2.75) is 69.9 Å². The molecule has 0 saturated heterocycles. The maximum atomic E-state index is 13.9. The number of rotatable bonds is 6. The highest BCUT2D eigenvalue weighted by Gasteiger charge is 2.39. The third-order valence-electron chi connectivity index (χ3n) is 6.55. The third-order valence-corrected chi connectivity index (χ3v) is 8.34. The lowest BCUT2D eigenvalue weighted by Gasteiger charge is -2.37. The summed E-state index contributed by atoms with van der Waals surface area (Å²) in [5.74, 6) is 0.0199. The summed E-state index contributed by atoms with van der Waals surface area (Å²) in [6.45, 7) is 11.9. The van der Waals surface area contributed by atoms with Crippen molar-refractivity contribution in [2.75, 3.05) is 10.8 Å². The fourth-order valence-corrected chi connectivity index (χ4v) is 5.95. The van der Waals surface area contributed by atoms with E-state index in [4.69, 9.17) is 4.74 Å². The molecule has 37 heavy (non-hydrogen) atoms. The Morgan fingerprint density at radius 3 is 2.24 bits per heavy atom. The lowest BCUT2D eigenvalue weighted by molar-refractivity contribution is -0.129. The second kappa shape index (κ2) is 9.86. The number of nitrogens with zero attached hydrogens (tertiary/aromatic N) is 1. The molecule has 3 aromatic carbocycles. The van der Waals surface area contributed by atoms with Gasteiger partial charge < -0.3 is 10.1 Å². The molecule has 0 spiro atoms. The Hall–Kier alpha value is -3.32. The number of carbonyl (C=O) groups is 1. The zero-order valence-electron chi connectivity index (χ0n) is 22.4. The first-order chi connectivity index (χ1) is 17.3. The highest BCUT2D eigenvalue weighted by atomic mass is 32.2. The van der Waals surface area contributed by atoms with Crippen LogP contribution in [0.4, 0.5) is 5.69 Å². The van der Waals surface area contributed by atoms with Gasteiger partial charge in [0.25, 0.3) is 15.9 Å². The third kappa shape index (κ3) is 5.99. The fraction of sp³-hybridized carbons (Fsp3) is 0.367. The van der Waals surface area contributed by atoms with Gasteiger partial charge in [0.2, 0.25) is 0 Å². The van der Waals surface area contributed by atoms with Gasteiger partial charge in [-0.3, -0.25) is 9.10 Å². The summed E-state index contributed by atoms with van der Waals surface area (Å²) in [5, 5.41) is 3.07. The molecule has 0 radical (unpaired) electrons. The molecular weight excluding hydrogens is 484 g/mol. The number of hydrogen-bond acceptors (Lipinski definition) is 4. The second-order valence-corrected chi connectivity index (χ2v) is 13.3. The lowest BCUT2D eigenvalue weighted by atomic mass is 9.86. The van der Waals surface area contributed by atoms with E-state index in [1.54, 1.807) is 30.3 Å². The van der Waals surface area contributed by atoms with Crippen LogP contribution in [-0.4, -0.2) is 32.5 Å². The first-order valence-corrected chi connectivity index (χ1v) is 14.0. The Bertz CT molecular complexity index is 1380. The molecule has 1 amide bonds. The van der Waals surface area contributed by atoms with Gasteiger partial charge in [0.15, 0.2) is 6.10 Å². The Morgan fingerprint density at radius 2 is 1.62 bits per heavy atom. The lowest BCUT2D eigenvalue weighted by Crippen LogP contribution is -2.55. The first-order valence-electron chi connectivity index (χ1n) is 12.5. The average molecular weight is 521 g/mol. The highest BCUT2D eigenvalue weighted by Crippen LogP contribution is 2.40. The minimum absolute atomic E-state index is 0.121. The van der Waals surface area contributed by atoms with Gasteiger partial charge in [0.05, 0.1) is 17.1 Å². The number of fused-ring (bicyclic) bond motifs is 1. The highest BCUT2D eigenvalue weighted by molar-refractivity contribution is 7.92. The molecular formula is C30H36N2O4S. The van der Waals surface area contributed by atoms with Crippen LogP contribution in [0.15, 0.2) is 77.7 Å². The minimum Gasteiger partial charge on any atom is -0.476 e. The van der Waals surface area contributed by atoms with Gasteiger partial charge in [0.1, 0.15) is 5.75 Å². The molecule has 0 saturated carbocycles. The van der Waals surface area contributed by atoms with Gasteiger partial charge in [-0.1, -0.05) is 74.9 Å². The monoisotopic (exact) mass is 520 g/mol. The molecule has 0 aliphatic carbocycles. The van der Waals surface area contributed by atoms with Gasteiger partial charge in [0, 0.05) is 5.54 Å². The predicted molar refractivity (Wildman–Crippen MR) is 148 cm³/mol. The van der Waals surface area contributed by atoms with Crippen molar-refractivity contribution in [3.05, 3.63) is 89.5 Å². The zero-order chi connectivity index (χ0) is 27.0. The van der Waals surface area contributed by atoms with Crippen molar-refractivity contribution in [3.63, 3.8) is 0 Å². The minimum atomic E-state index is -3.94. The summed E-state index contributed by atoms with van der Waals surface area (Å²) in [4.78, 5) is 13.6. The zero-order valence-corrected chi connectivity index (χ0v) is 23.2. The smallest absolute Gasteiger partial charge is 0.264 e. The van der Waals surface area contributed by atoms with Crippen LogP contribution in [0.25, 0.3) is 0 Å². The number of amides is 1. The van der Waals surface area contributed by atoms with Crippen LogP contribution in [0.2, 0.25) is 0 Å². The van der Waals surface area contributed by atoms with Crippen molar-refractivity contribution in [2.24, 2.45) is 0 Å². The molecule has 3 aromatic rings. The normalized spacial score (nSPS) is 16.1. The second-order valence-electron chi connectivity index (χ2n) is 11.4. The molecule has 196 valence electrons. The van der Waals surface area contributed by atoms with E-state index in [0.29, 0.717) is 17.9 Å². The number of aryl methyl sites for hydroxylation is 1. The number of nitrogens with one attached hydrogen (secondary N) is 1. The molecule has 1 heterocycles. The van der Waals surface area contributed by atoms with Crippen molar-refractivity contribution in [3.8, 4) is 5.75 Å². The van der Waals surface area contributed by atoms with Crippen molar-refractivity contribution < 1.29 is 17.9 Å². The van der Waals surface area contributed by atoms with E-state index in [0.717, 1.165) is 16.7 Å². The Morgan fingerprint density at radius 1 is 0.973 bits per heavy atom. The number of carbonyl (C=O) groups excluding carboxylic acids is 1. The standard InChI is InChI=1S/C30H36N2O4S/c1-21-12-15-24(16-13-21)37(34,35)32-20-27(36-26-17-14-23(18-25(26)32)29(2,3)4)28(33)31-30(5,6)19-22-10-8-7-9-11-22/h7-18,27H,19-20H2,1-6H3,(H,31,33)/t27-/m1/s1. The Kier molecular flexibility index (Phi) is 7.12. The quantitative estimate of drug-likeness (QED) is 0.473. The fourth-order valence-electron chi connectivity index (χ4n) is 4.48. The summed E-state index contributed by atoms with van der Waals surface area (Å²) in [7, 11) is -3.94. The number of hydrogen-bond donors (Lipinski definition) is 1. The topological polar surface area (TPSA) is 75.7 Å². The van der Waals surface area contributed by atoms with Crippen molar-refractivity contribution in [1.29, 1.82) is 0 Å². The van der Waals surface area contributed by atoms with Gasteiger partial charge >= 0.3 is 0 Å². The summed E-state index contributed by atoms with van der Waals surface area (Å²) >= 11 is 0. The van der Waals surface area contributed by atoms with E-state index in [1.165, 1.54) is 4.31 Å². The van der Waals surface area contributed by atoms with E-state index in [-0.39, 0.29) is 22.8 Å². The van der Waals surface area contributed by atoms with E-state index < -0.39 is 21.7 Å². The molecule has 4 rings (SSSR count). The van der Waals surface area contributed by atoms with E-state index in [1.807, 2.05) is 63.2 Å². The summed E-state index contributed by atoms with van der Waals surface area (Å²) < 4.78 is 35.2. The number of sulfonamides is 1. The van der Waals surface area contributed by atoms with Crippen LogP contribution >= 0.6 is 0 Å². The molecule has 1 aliphatic rings. The molecule has 1 aliphatic heterocycles. The van der Waals surface area contributed by atoms with Crippen LogP contribution in [-0.2, 0) is 26.7 Å². The Labute approximate surface area is 220 Å². The number of ether oxygens (including phenoxy) is 1. The van der Waals surface area contributed by atoms with Gasteiger partial charge in [-0.15, -0.1) is 0 Å². The van der Waals surface area contributed by atoms with E-state index in [9.17, 15) is 13.2 Å². The van der Waals surface area contributed by atoms with Gasteiger partial charge in [-0.2, -0.15) is 0 Å². The molecule has 6 nitrogen and oxygen atoms in total. The SMILES string of the molecule is Cc1ccc(S(=O)(=O)N2C[C@H](C(=O)NC(C)(C)Cc3ccccc3)Oc3ccc(C(C)(C)C)cc32)cc1. The molecule has 1 atom stereocenters. The molecule has 0 unspecified atom stereocenters. The van der Waals surface area contributed by atoms with Gasteiger partial charge in [-0.05, 0) is 68.0 Å².